The van der Waals surface area contributed by atoms with Crippen LogP contribution in [0.4, 0.5) is 0 Å². The van der Waals surface area contributed by atoms with Crippen LogP contribution in [0.15, 0.2) is 28.7 Å². The van der Waals surface area contributed by atoms with E-state index in [0.717, 1.165) is 46.8 Å². The molecule has 1 heterocycles. The molecule has 2 saturated carbocycles. The van der Waals surface area contributed by atoms with Crippen molar-refractivity contribution in [1.29, 1.82) is 0 Å². The first-order valence-corrected chi connectivity index (χ1v) is 7.68. The molecule has 0 aliphatic heterocycles. The number of fused-ring (bicyclic) bond motifs is 3. The van der Waals surface area contributed by atoms with Gasteiger partial charge in [0, 0.05) is 0 Å². The van der Waals surface area contributed by atoms with Crippen LogP contribution in [0.5, 0.6) is 5.75 Å². The van der Waals surface area contributed by atoms with Crippen LogP contribution in [-0.2, 0) is 6.54 Å². The highest BCUT2D eigenvalue weighted by Crippen LogP contribution is 2.48. The molecular weight excluding hydrogens is 250 g/mol. The largest absolute Gasteiger partial charge is 0.489 e. The van der Waals surface area contributed by atoms with E-state index in [2.05, 4.69) is 0 Å². The van der Waals surface area contributed by atoms with Gasteiger partial charge in [-0.15, -0.1) is 0 Å². The van der Waals surface area contributed by atoms with E-state index in [9.17, 15) is 0 Å². The molecule has 0 saturated heterocycles. The highest BCUT2D eigenvalue weighted by Gasteiger charge is 2.39. The average molecular weight is 271 g/mol. The first kappa shape index (κ1) is 12.3. The lowest BCUT2D eigenvalue weighted by Crippen LogP contribution is -2.18. The third kappa shape index (κ3) is 1.92. The minimum Gasteiger partial charge on any atom is -0.489 e. The van der Waals surface area contributed by atoms with Gasteiger partial charge in [-0.2, -0.15) is 0 Å². The van der Waals surface area contributed by atoms with E-state index in [4.69, 9.17) is 14.9 Å². The molecule has 2 aliphatic rings. The van der Waals surface area contributed by atoms with E-state index in [1.165, 1.54) is 25.7 Å². The number of hydrogen-bond donors (Lipinski definition) is 1. The van der Waals surface area contributed by atoms with Crippen LogP contribution in [0.2, 0.25) is 0 Å². The first-order valence-electron chi connectivity index (χ1n) is 7.68. The van der Waals surface area contributed by atoms with Crippen LogP contribution in [0.25, 0.3) is 11.0 Å². The Kier molecular flexibility index (Phi) is 2.95. The lowest BCUT2D eigenvalue weighted by Gasteiger charge is -2.21. The smallest absolute Gasteiger partial charge is 0.169 e. The Morgan fingerprint density at radius 3 is 2.85 bits per heavy atom. The van der Waals surface area contributed by atoms with Gasteiger partial charge in [-0.05, 0) is 49.1 Å². The number of hydrogen-bond acceptors (Lipinski definition) is 3. The molecule has 4 rings (SSSR count). The van der Waals surface area contributed by atoms with Crippen molar-refractivity contribution in [3.8, 4) is 5.75 Å². The molecule has 2 bridgehead atoms. The van der Waals surface area contributed by atoms with Crippen LogP contribution >= 0.6 is 0 Å². The summed E-state index contributed by atoms with van der Waals surface area (Å²) in [5.74, 6) is 4.22. The van der Waals surface area contributed by atoms with Gasteiger partial charge in [-0.25, -0.2) is 0 Å². The molecule has 2 aromatic rings. The van der Waals surface area contributed by atoms with Gasteiger partial charge in [0.1, 0.15) is 5.58 Å². The molecule has 2 aliphatic carbocycles. The summed E-state index contributed by atoms with van der Waals surface area (Å²) in [5.41, 5.74) is 6.66. The van der Waals surface area contributed by atoms with Crippen LogP contribution in [0.3, 0.4) is 0 Å². The van der Waals surface area contributed by atoms with Crippen molar-refractivity contribution < 1.29 is 9.15 Å². The molecule has 106 valence electrons. The van der Waals surface area contributed by atoms with Crippen LogP contribution in [0.1, 0.15) is 31.4 Å². The zero-order valence-corrected chi connectivity index (χ0v) is 11.7. The maximum absolute atomic E-state index is 6.14. The highest BCUT2D eigenvalue weighted by atomic mass is 16.5. The maximum Gasteiger partial charge on any atom is 0.169 e. The molecule has 3 nitrogen and oxygen atoms in total. The molecule has 0 radical (unpaired) electrons. The van der Waals surface area contributed by atoms with Gasteiger partial charge in [-0.3, -0.25) is 0 Å². The first-order chi connectivity index (χ1) is 9.85. The fraction of sp³-hybridized carbons (Fsp3) is 0.529. The van der Waals surface area contributed by atoms with Gasteiger partial charge in [0.15, 0.2) is 11.5 Å². The fourth-order valence-electron chi connectivity index (χ4n) is 4.14. The van der Waals surface area contributed by atoms with Gasteiger partial charge in [0.25, 0.3) is 0 Å². The normalized spacial score (nSPS) is 28.4. The summed E-state index contributed by atoms with van der Waals surface area (Å²) < 4.78 is 11.9. The van der Waals surface area contributed by atoms with Crippen molar-refractivity contribution in [3.05, 3.63) is 30.0 Å². The molecule has 3 heteroatoms. The van der Waals surface area contributed by atoms with Gasteiger partial charge in [0.05, 0.1) is 18.5 Å². The number of nitrogens with two attached hydrogens (primary N) is 1. The summed E-state index contributed by atoms with van der Waals surface area (Å²) in [6, 6.07) is 8.02. The maximum atomic E-state index is 6.14. The van der Waals surface area contributed by atoms with E-state index in [0.29, 0.717) is 6.54 Å². The van der Waals surface area contributed by atoms with Crippen molar-refractivity contribution in [3.63, 3.8) is 0 Å². The number of benzene rings is 1. The zero-order valence-electron chi connectivity index (χ0n) is 11.7. The number of furan rings is 1. The number of rotatable bonds is 4. The molecule has 20 heavy (non-hydrogen) atoms. The molecule has 1 aromatic carbocycles. The third-order valence-electron chi connectivity index (χ3n) is 5.13. The molecule has 3 atom stereocenters. The summed E-state index contributed by atoms with van der Waals surface area (Å²) in [5, 5.41) is 1.05. The third-order valence-corrected chi connectivity index (χ3v) is 5.13. The molecule has 2 fully saturated rings. The Morgan fingerprint density at radius 2 is 2.10 bits per heavy atom. The monoisotopic (exact) mass is 271 g/mol. The second kappa shape index (κ2) is 4.81. The highest BCUT2D eigenvalue weighted by molar-refractivity contribution is 5.85. The fourth-order valence-corrected chi connectivity index (χ4v) is 4.14. The SMILES string of the molecule is NCc1oc2ccccc2c1OCC1CC2CCC1C2. The summed E-state index contributed by atoms with van der Waals surface area (Å²) in [6.45, 7) is 1.21. The van der Waals surface area contributed by atoms with Gasteiger partial charge in [0.2, 0.25) is 0 Å². The zero-order chi connectivity index (χ0) is 13.5. The molecule has 0 amide bonds. The van der Waals surface area contributed by atoms with E-state index in [-0.39, 0.29) is 0 Å². The second-order valence-corrected chi connectivity index (χ2v) is 6.30. The second-order valence-electron chi connectivity index (χ2n) is 6.30. The van der Waals surface area contributed by atoms with Gasteiger partial charge < -0.3 is 14.9 Å². The van der Waals surface area contributed by atoms with E-state index in [1.807, 2.05) is 24.3 Å². The van der Waals surface area contributed by atoms with Crippen molar-refractivity contribution >= 4 is 11.0 Å². The van der Waals surface area contributed by atoms with Crippen molar-refractivity contribution in [1.82, 2.24) is 0 Å². The standard InChI is InChI=1S/C17H21NO2/c18-9-16-17(14-3-1-2-4-15(14)20-16)19-10-13-8-11-5-6-12(13)7-11/h1-4,11-13H,5-10,18H2. The summed E-state index contributed by atoms with van der Waals surface area (Å²) in [7, 11) is 0. The van der Waals surface area contributed by atoms with Crippen molar-refractivity contribution in [2.24, 2.45) is 23.5 Å². The van der Waals surface area contributed by atoms with Crippen LogP contribution in [-0.4, -0.2) is 6.61 Å². The number of para-hydroxylation sites is 1. The molecule has 1 aromatic heterocycles. The molecule has 3 unspecified atom stereocenters. The Bertz CT molecular complexity index is 618. The minimum atomic E-state index is 0.390. The molecule has 2 N–H and O–H groups in total. The van der Waals surface area contributed by atoms with Crippen molar-refractivity contribution in [2.75, 3.05) is 6.61 Å². The van der Waals surface area contributed by atoms with Crippen LogP contribution in [0, 0.1) is 17.8 Å². The quantitative estimate of drug-likeness (QED) is 0.922. The Labute approximate surface area is 119 Å². The summed E-state index contributed by atoms with van der Waals surface area (Å²) >= 11 is 0. The molecular formula is C17H21NO2. The number of ether oxygens (including phenoxy) is 1. The van der Waals surface area contributed by atoms with Crippen molar-refractivity contribution in [2.45, 2.75) is 32.2 Å². The van der Waals surface area contributed by atoms with Crippen LogP contribution < -0.4 is 10.5 Å². The van der Waals surface area contributed by atoms with Gasteiger partial charge >= 0.3 is 0 Å². The summed E-state index contributed by atoms with van der Waals surface area (Å²) in [6.07, 6.45) is 5.60. The topological polar surface area (TPSA) is 48.4 Å². The average Bonchev–Trinajstić information content (AvgIpc) is 3.18. The van der Waals surface area contributed by atoms with E-state index in [1.54, 1.807) is 0 Å². The predicted octanol–water partition coefficient (Wildman–Crippen LogP) is 3.71. The Morgan fingerprint density at radius 1 is 1.20 bits per heavy atom. The predicted molar refractivity (Wildman–Crippen MR) is 78.5 cm³/mol. The Balaban J connectivity index is 1.56. The lowest BCUT2D eigenvalue weighted by atomic mass is 9.89. The lowest BCUT2D eigenvalue weighted by molar-refractivity contribution is 0.193. The van der Waals surface area contributed by atoms with E-state index >= 15 is 0 Å². The van der Waals surface area contributed by atoms with Gasteiger partial charge in [-0.1, -0.05) is 18.6 Å². The minimum absolute atomic E-state index is 0.390. The Hall–Kier alpha value is -1.48. The van der Waals surface area contributed by atoms with E-state index < -0.39 is 0 Å². The molecule has 0 spiro atoms. The summed E-state index contributed by atoms with van der Waals surface area (Å²) in [4.78, 5) is 0.